The van der Waals surface area contributed by atoms with Crippen LogP contribution < -0.4 is 4.73 Å². The predicted molar refractivity (Wildman–Crippen MR) is 94.5 cm³/mol. The van der Waals surface area contributed by atoms with E-state index in [-0.39, 0.29) is 21.9 Å². The minimum atomic E-state index is -0.872. The van der Waals surface area contributed by atoms with E-state index in [0.717, 1.165) is 12.1 Å². The number of rotatable bonds is 3. The van der Waals surface area contributed by atoms with Gasteiger partial charge >= 0.3 is 5.69 Å². The Kier molecular flexibility index (Phi) is 5.05. The van der Waals surface area contributed by atoms with Gasteiger partial charge in [-0.25, -0.2) is 0 Å². The van der Waals surface area contributed by atoms with Gasteiger partial charge < -0.3 is 15.4 Å². The molecular formula is C17H14ClN3O5. The molecule has 0 radical (unpaired) electrons. The number of hydrogen-bond acceptors (Lipinski definition) is 6. The average molecular weight is 376 g/mol. The molecule has 1 aromatic heterocycles. The lowest BCUT2D eigenvalue weighted by molar-refractivity contribution is -0.610. The highest BCUT2D eigenvalue weighted by Crippen LogP contribution is 2.37. The van der Waals surface area contributed by atoms with E-state index in [1.807, 2.05) is 6.07 Å². The first-order valence-corrected chi connectivity index (χ1v) is 7.69. The van der Waals surface area contributed by atoms with Crippen molar-refractivity contribution in [2.75, 3.05) is 0 Å². The van der Waals surface area contributed by atoms with Crippen LogP contribution in [-0.4, -0.2) is 15.1 Å². The number of nitriles is 1. The number of halogens is 1. The summed E-state index contributed by atoms with van der Waals surface area (Å²) >= 11 is 6.11. The molecule has 0 aliphatic carbocycles. The zero-order chi connectivity index (χ0) is 19.8. The highest BCUT2D eigenvalue weighted by molar-refractivity contribution is 6.31. The Morgan fingerprint density at radius 3 is 2.46 bits per heavy atom. The fourth-order valence-corrected chi connectivity index (χ4v) is 2.87. The number of allylic oxidation sites excluding steroid dienone is 1. The average Bonchev–Trinajstić information content (AvgIpc) is 2.59. The Hall–Kier alpha value is -3.31. The first kappa shape index (κ1) is 19.0. The maximum atomic E-state index is 12.2. The predicted octanol–water partition coefficient (Wildman–Crippen LogP) is 3.28. The van der Waals surface area contributed by atoms with Crippen LogP contribution in [0.3, 0.4) is 0 Å². The van der Waals surface area contributed by atoms with E-state index in [9.17, 15) is 30.8 Å². The molecule has 2 rings (SSSR count). The fourth-order valence-electron chi connectivity index (χ4n) is 2.50. The van der Waals surface area contributed by atoms with Crippen LogP contribution in [0.15, 0.2) is 12.1 Å². The van der Waals surface area contributed by atoms with E-state index < -0.39 is 22.1 Å². The van der Waals surface area contributed by atoms with E-state index in [0.29, 0.717) is 21.6 Å². The van der Waals surface area contributed by atoms with Crippen molar-refractivity contribution in [1.29, 1.82) is 5.26 Å². The Morgan fingerprint density at radius 2 is 1.92 bits per heavy atom. The molecule has 0 aliphatic heterocycles. The van der Waals surface area contributed by atoms with Crippen molar-refractivity contribution in [3.05, 3.63) is 60.6 Å². The number of phenols is 2. The van der Waals surface area contributed by atoms with E-state index >= 15 is 0 Å². The Balaban J connectivity index is 2.76. The normalized spacial score (nSPS) is 11.3. The smallest absolute Gasteiger partial charge is 0.315 e. The molecule has 0 amide bonds. The third-order valence-electron chi connectivity index (χ3n) is 4.16. The topological polar surface area (TPSA) is 134 Å². The molecule has 0 unspecified atom stereocenters. The first-order valence-electron chi connectivity index (χ1n) is 7.31. The van der Waals surface area contributed by atoms with Gasteiger partial charge in [0.25, 0.3) is 5.15 Å². The molecule has 0 saturated carbocycles. The molecule has 2 N–H and O–H groups in total. The summed E-state index contributed by atoms with van der Waals surface area (Å²) in [4.78, 5) is 10.1. The lowest BCUT2D eigenvalue weighted by atomic mass is 9.97. The molecular weight excluding hydrogens is 362 g/mol. The largest absolute Gasteiger partial charge is 0.617 e. The number of hydrogen-bond donors (Lipinski definition) is 2. The number of nitro groups is 1. The van der Waals surface area contributed by atoms with Gasteiger partial charge in [0.1, 0.15) is 6.07 Å². The van der Waals surface area contributed by atoms with Crippen LogP contribution in [0.5, 0.6) is 11.5 Å². The summed E-state index contributed by atoms with van der Waals surface area (Å²) in [5.41, 5.74) is 1.23. The standard InChI is InChI=1S/C17H14ClN3O5/c1-8-9(2)15(17(18)20(24)10(8)3)12(7-19)4-11-5-13(21(25)26)16(23)14(22)6-11/h4-6,22-23H,1-3H3/b12-4+. The van der Waals surface area contributed by atoms with Gasteiger partial charge in [0.05, 0.1) is 16.1 Å². The van der Waals surface area contributed by atoms with Crippen molar-refractivity contribution in [2.45, 2.75) is 20.8 Å². The maximum Gasteiger partial charge on any atom is 0.315 e. The second-order valence-corrected chi connectivity index (χ2v) is 5.99. The van der Waals surface area contributed by atoms with Crippen LogP contribution in [0.25, 0.3) is 11.6 Å². The van der Waals surface area contributed by atoms with Crippen molar-refractivity contribution in [2.24, 2.45) is 0 Å². The van der Waals surface area contributed by atoms with Gasteiger partial charge in [-0.15, -0.1) is 0 Å². The fraction of sp³-hybridized carbons (Fsp3) is 0.176. The maximum absolute atomic E-state index is 12.2. The minimum absolute atomic E-state index is 0.0143. The van der Waals surface area contributed by atoms with Gasteiger partial charge in [0.15, 0.2) is 11.4 Å². The monoisotopic (exact) mass is 375 g/mol. The lowest BCUT2D eigenvalue weighted by Crippen LogP contribution is -2.34. The molecule has 0 fully saturated rings. The van der Waals surface area contributed by atoms with Crippen molar-refractivity contribution in [3.8, 4) is 17.6 Å². The molecule has 1 heterocycles. The zero-order valence-electron chi connectivity index (χ0n) is 14.1. The van der Waals surface area contributed by atoms with Gasteiger partial charge in [-0.05, 0) is 48.7 Å². The van der Waals surface area contributed by atoms with E-state index in [4.69, 9.17) is 11.6 Å². The third-order valence-corrected chi connectivity index (χ3v) is 4.50. The molecule has 0 spiro atoms. The quantitative estimate of drug-likeness (QED) is 0.161. The summed E-state index contributed by atoms with van der Waals surface area (Å²) < 4.78 is 0.501. The number of benzene rings is 1. The second kappa shape index (κ2) is 6.90. The highest BCUT2D eigenvalue weighted by atomic mass is 35.5. The van der Waals surface area contributed by atoms with Crippen LogP contribution in [0.4, 0.5) is 5.69 Å². The molecule has 26 heavy (non-hydrogen) atoms. The third kappa shape index (κ3) is 3.12. The Bertz CT molecular complexity index is 980. The Morgan fingerprint density at radius 1 is 1.31 bits per heavy atom. The molecule has 8 nitrogen and oxygen atoms in total. The molecule has 2 aromatic rings. The van der Waals surface area contributed by atoms with Crippen molar-refractivity contribution < 1.29 is 19.9 Å². The van der Waals surface area contributed by atoms with Crippen LogP contribution in [-0.2, 0) is 0 Å². The van der Waals surface area contributed by atoms with Crippen molar-refractivity contribution in [1.82, 2.24) is 0 Å². The number of pyridine rings is 1. The number of nitrogens with zero attached hydrogens (tertiary/aromatic N) is 3. The number of nitro benzene ring substituents is 1. The van der Waals surface area contributed by atoms with Crippen molar-refractivity contribution >= 4 is 28.9 Å². The van der Waals surface area contributed by atoms with E-state index in [1.54, 1.807) is 20.8 Å². The lowest BCUT2D eigenvalue weighted by Gasteiger charge is -2.13. The van der Waals surface area contributed by atoms with Gasteiger partial charge in [-0.3, -0.25) is 10.1 Å². The molecule has 0 aliphatic rings. The van der Waals surface area contributed by atoms with Crippen LogP contribution >= 0.6 is 11.6 Å². The zero-order valence-corrected chi connectivity index (χ0v) is 14.8. The SMILES string of the molecule is Cc1c(C)c(C)[n+]([O-])c(Cl)c1/C(C#N)=C/c1cc(O)c(O)c([N+](=O)[O-])c1. The summed E-state index contributed by atoms with van der Waals surface area (Å²) in [6.07, 6.45) is 1.25. The van der Waals surface area contributed by atoms with Crippen LogP contribution in [0, 0.1) is 47.4 Å². The Labute approximate surface area is 153 Å². The number of aromatic hydroxyl groups is 2. The van der Waals surface area contributed by atoms with Crippen LogP contribution in [0.1, 0.15) is 27.9 Å². The number of phenolic OH excluding ortho intramolecular Hbond substituents is 2. The summed E-state index contributed by atoms with van der Waals surface area (Å²) in [6, 6.07) is 3.98. The van der Waals surface area contributed by atoms with Crippen molar-refractivity contribution in [3.63, 3.8) is 0 Å². The molecule has 0 saturated heterocycles. The number of aromatic nitrogens is 1. The first-order chi connectivity index (χ1) is 12.1. The van der Waals surface area contributed by atoms with Gasteiger partial charge in [-0.1, -0.05) is 0 Å². The van der Waals surface area contributed by atoms with Gasteiger partial charge in [-0.2, -0.15) is 9.99 Å². The summed E-state index contributed by atoms with van der Waals surface area (Å²) in [5, 5.41) is 51.7. The molecule has 0 bridgehead atoms. The minimum Gasteiger partial charge on any atom is -0.617 e. The molecule has 134 valence electrons. The van der Waals surface area contributed by atoms with Gasteiger partial charge in [0.2, 0.25) is 5.75 Å². The van der Waals surface area contributed by atoms with E-state index in [1.165, 1.54) is 6.08 Å². The summed E-state index contributed by atoms with van der Waals surface area (Å²) in [5.74, 6) is -1.58. The summed E-state index contributed by atoms with van der Waals surface area (Å²) in [7, 11) is 0. The molecule has 9 heteroatoms. The second-order valence-electron chi connectivity index (χ2n) is 5.63. The molecule has 1 aromatic carbocycles. The highest BCUT2D eigenvalue weighted by Gasteiger charge is 2.24. The van der Waals surface area contributed by atoms with E-state index in [2.05, 4.69) is 0 Å². The van der Waals surface area contributed by atoms with Gasteiger partial charge in [0, 0.05) is 18.6 Å². The summed E-state index contributed by atoms with van der Waals surface area (Å²) in [6.45, 7) is 5.01. The molecule has 0 atom stereocenters. The van der Waals surface area contributed by atoms with Crippen LogP contribution in [0.2, 0.25) is 5.15 Å².